The lowest BCUT2D eigenvalue weighted by Gasteiger charge is -2.35. The molecule has 0 aliphatic heterocycles. The van der Waals surface area contributed by atoms with Gasteiger partial charge in [0.05, 0.1) is 25.0 Å². The molecule has 0 fully saturated rings. The summed E-state index contributed by atoms with van der Waals surface area (Å²) in [7, 11) is 3.48. The van der Waals surface area contributed by atoms with Crippen molar-refractivity contribution in [3.8, 4) is 134 Å². The Morgan fingerprint density at radius 3 is 0.745 bits per heavy atom. The largest absolute Gasteiger partial charge is 0.497 e. The van der Waals surface area contributed by atoms with E-state index in [1.807, 2.05) is 13.8 Å². The third-order valence-electron chi connectivity index (χ3n) is 22.0. The fourth-order valence-electron chi connectivity index (χ4n) is 17.5. The van der Waals surface area contributed by atoms with Crippen LogP contribution in [0.2, 0.25) is 0 Å². The van der Waals surface area contributed by atoms with Gasteiger partial charge in [0.1, 0.15) is 11.5 Å². The van der Waals surface area contributed by atoms with Crippen molar-refractivity contribution >= 4 is 0 Å². The van der Waals surface area contributed by atoms with Crippen LogP contribution in [0.3, 0.4) is 0 Å². The van der Waals surface area contributed by atoms with Crippen LogP contribution in [0.5, 0.6) is 11.5 Å². The topological polar surface area (TPSA) is 18.5 Å². The molecule has 0 atom stereocenters. The molecule has 2 heteroatoms. The minimum atomic E-state index is -0.817. The third-order valence-corrected chi connectivity index (χ3v) is 22.0. The Balaban J connectivity index is 0.000000236. The molecule has 1 spiro atoms. The molecule has 3 aliphatic rings. The molecular weight excluding hydrogens is 1280 g/mol. The molecule has 19 rings (SSSR count). The first kappa shape index (κ1) is 66.4. The summed E-state index contributed by atoms with van der Waals surface area (Å²) < 4.78 is 11.8. The van der Waals surface area contributed by atoms with Gasteiger partial charge in [0.2, 0.25) is 0 Å². The molecule has 16 aromatic rings. The monoisotopic (exact) mass is 1360 g/mol. The fraction of sp³-hybridized carbons (Fsp3) is 0.0769. The number of rotatable bonds is 12. The quantitative estimate of drug-likeness (QED) is 0.121. The summed E-state index contributed by atoms with van der Waals surface area (Å²) in [5.41, 5.74) is 38.5. The van der Waals surface area contributed by atoms with Crippen molar-refractivity contribution in [2.75, 3.05) is 14.2 Å². The number of benzene rings is 16. The summed E-state index contributed by atoms with van der Waals surface area (Å²) in [6, 6.07) is 138. The molecule has 0 aromatic heterocycles. The van der Waals surface area contributed by atoms with Gasteiger partial charge in [-0.3, -0.25) is 0 Å². The first-order chi connectivity index (χ1) is 52.3. The second-order valence-corrected chi connectivity index (χ2v) is 27.7. The van der Waals surface area contributed by atoms with Crippen LogP contribution in [0.4, 0.5) is 0 Å². The molecule has 0 heterocycles. The summed E-state index contributed by atoms with van der Waals surface area (Å²) in [5.74, 6) is 1.60. The number of aryl methyl sites for hydroxylation is 2. The number of hydrogen-bond acceptors (Lipinski definition) is 2. The molecule has 2 nitrogen and oxygen atoms in total. The van der Waals surface area contributed by atoms with Crippen LogP contribution >= 0.6 is 0 Å². The minimum Gasteiger partial charge on any atom is -0.497 e. The van der Waals surface area contributed by atoms with E-state index < -0.39 is 5.41 Å². The van der Waals surface area contributed by atoms with E-state index in [0.717, 1.165) is 56.0 Å². The highest BCUT2D eigenvalue weighted by atomic mass is 16.5. The highest BCUT2D eigenvalue weighted by Gasteiger charge is 2.52. The van der Waals surface area contributed by atoms with Crippen molar-refractivity contribution in [2.24, 2.45) is 0 Å². The van der Waals surface area contributed by atoms with Gasteiger partial charge in [0.25, 0.3) is 0 Å². The van der Waals surface area contributed by atoms with Gasteiger partial charge in [-0.2, -0.15) is 0 Å². The summed E-state index contributed by atoms with van der Waals surface area (Å²) in [6.07, 6.45) is 0. The Morgan fingerprint density at radius 2 is 0.434 bits per heavy atom. The average Bonchev–Trinajstić information content (AvgIpc) is 1.52. The molecule has 0 saturated carbocycles. The molecule has 106 heavy (non-hydrogen) atoms. The predicted molar refractivity (Wildman–Crippen MR) is 444 cm³/mol. The Kier molecular flexibility index (Phi) is 17.6. The van der Waals surface area contributed by atoms with E-state index in [9.17, 15) is 0 Å². The van der Waals surface area contributed by atoms with Gasteiger partial charge in [-0.25, -0.2) is 0 Å². The van der Waals surface area contributed by atoms with Crippen LogP contribution in [0, 0.1) is 13.8 Å². The van der Waals surface area contributed by atoms with Crippen molar-refractivity contribution in [1.82, 2.24) is 0 Å². The van der Waals surface area contributed by atoms with Gasteiger partial charge in [-0.1, -0.05) is 365 Å². The summed E-state index contributed by atoms with van der Waals surface area (Å²) in [4.78, 5) is 0. The van der Waals surface area contributed by atoms with E-state index >= 15 is 0 Å². The Bertz CT molecular complexity index is 5530. The van der Waals surface area contributed by atoms with Gasteiger partial charge in [0.15, 0.2) is 0 Å². The van der Waals surface area contributed by atoms with E-state index in [1.165, 1.54) is 134 Å². The second kappa shape index (κ2) is 28.1. The maximum Gasteiger partial charge on any atom is 0.118 e. The van der Waals surface area contributed by atoms with E-state index in [-0.39, 0.29) is 5.41 Å². The van der Waals surface area contributed by atoms with Crippen molar-refractivity contribution in [3.63, 3.8) is 0 Å². The highest BCUT2D eigenvalue weighted by Crippen LogP contribution is 2.64. The number of hydrogen-bond donors (Lipinski definition) is 0. The lowest BCUT2D eigenvalue weighted by molar-refractivity contribution is 0.414. The zero-order valence-corrected chi connectivity index (χ0v) is 60.6. The molecule has 16 aromatic carbocycles. The van der Waals surface area contributed by atoms with Crippen LogP contribution < -0.4 is 9.47 Å². The molecule has 3 aliphatic carbocycles. The molecule has 0 radical (unpaired) electrons. The number of ether oxygens (including phenoxy) is 2. The van der Waals surface area contributed by atoms with Crippen LogP contribution in [-0.4, -0.2) is 14.2 Å². The smallest absolute Gasteiger partial charge is 0.118 e. The lowest BCUT2D eigenvalue weighted by atomic mass is 9.67. The van der Waals surface area contributed by atoms with Crippen molar-refractivity contribution in [3.05, 3.63) is 432 Å². The maximum atomic E-state index is 5.89. The summed E-state index contributed by atoms with van der Waals surface area (Å²) in [5, 5.41) is 0. The zero-order chi connectivity index (χ0) is 71.9. The average molecular weight is 1360 g/mol. The third kappa shape index (κ3) is 11.0. The number of fused-ring (bicyclic) bond motifs is 13. The van der Waals surface area contributed by atoms with E-state index in [4.69, 9.17) is 9.47 Å². The molecule has 0 N–H and O–H groups in total. The van der Waals surface area contributed by atoms with Crippen molar-refractivity contribution in [2.45, 2.75) is 38.5 Å². The van der Waals surface area contributed by atoms with Crippen molar-refractivity contribution < 1.29 is 9.47 Å². The van der Waals surface area contributed by atoms with Crippen LogP contribution in [0.1, 0.15) is 69.5 Å². The minimum absolute atomic E-state index is 0.199. The van der Waals surface area contributed by atoms with Gasteiger partial charge in [-0.15, -0.1) is 0 Å². The molecule has 0 bridgehead atoms. The van der Waals surface area contributed by atoms with Gasteiger partial charge in [-0.05, 0) is 217 Å². The van der Waals surface area contributed by atoms with Crippen molar-refractivity contribution in [1.29, 1.82) is 0 Å². The van der Waals surface area contributed by atoms with E-state index in [1.54, 1.807) is 14.2 Å². The SMILES string of the molecule is CC.COc1ccc(C2(c3ccc(OC)cc3)c3cc(-c4c(-c5ccccc5)ccc(-c5ccccc5)c4-c4ccccc4)ccc3-c3ccc(-c4c(-c5ccccc5)ccc(-c5ccccc5)c4-c4ccccc4)cc32)cc1.Cc1ccc2c(c1)C1(c3ccccc3-c3ccccc31)c1cc(C)ccc1-2. The van der Waals surface area contributed by atoms with Crippen LogP contribution in [-0.2, 0) is 10.8 Å². The highest BCUT2D eigenvalue weighted by molar-refractivity contribution is 6.06. The summed E-state index contributed by atoms with van der Waals surface area (Å²) in [6.45, 7) is 8.41. The molecule has 0 unspecified atom stereocenters. The Morgan fingerprint density at radius 1 is 0.189 bits per heavy atom. The maximum absolute atomic E-state index is 5.89. The van der Waals surface area contributed by atoms with Crippen LogP contribution in [0.15, 0.2) is 376 Å². The standard InChI is InChI=1S/C75H54O2.C27H20.C2H6/c1-76-61-39-35-59(36-40-61)75(60-37-41-62(77-2)42-38-60)69-49-57(73-65(53-25-13-5-14-26-53)47-45-63(51-21-9-3-10-22-51)71(73)55-29-17-7-18-30-55)33-43-67(69)68-44-34-58(50-70(68)75)74-66(54-27-15-6-16-28-54)48-46-64(52-23-11-4-12-24-52)72(74)56-31-19-8-20-32-56;1-17-11-13-21-22-14-12-18(2)16-26(22)27(25(21)15-17)23-9-5-3-7-19(23)20-8-4-6-10-24(20)27;1-2/h3-50H,1-2H3;3-16H,1-2H3;1-2H3. The predicted octanol–water partition coefficient (Wildman–Crippen LogP) is 27.1. The zero-order valence-electron chi connectivity index (χ0n) is 60.6. The molecule has 0 amide bonds. The molecular formula is C104H80O2. The van der Waals surface area contributed by atoms with Crippen LogP contribution in [0.25, 0.3) is 122 Å². The van der Waals surface area contributed by atoms with Gasteiger partial charge >= 0.3 is 0 Å². The normalized spacial score (nSPS) is 12.6. The molecule has 508 valence electrons. The molecule has 0 saturated heterocycles. The first-order valence-electron chi connectivity index (χ1n) is 37.0. The fourth-order valence-corrected chi connectivity index (χ4v) is 17.5. The summed E-state index contributed by atoms with van der Waals surface area (Å²) >= 11 is 0. The van der Waals surface area contributed by atoms with E-state index in [2.05, 4.69) is 390 Å². The number of methoxy groups -OCH3 is 2. The van der Waals surface area contributed by atoms with E-state index in [0.29, 0.717) is 0 Å². The Hall–Kier alpha value is -12.9. The Labute approximate surface area is 623 Å². The lowest BCUT2D eigenvalue weighted by Crippen LogP contribution is -2.28. The second-order valence-electron chi connectivity index (χ2n) is 27.7. The first-order valence-corrected chi connectivity index (χ1v) is 37.0. The van der Waals surface area contributed by atoms with Gasteiger partial charge < -0.3 is 9.47 Å². The van der Waals surface area contributed by atoms with Gasteiger partial charge in [0, 0.05) is 0 Å².